The molecule has 0 saturated carbocycles. The van der Waals surface area contributed by atoms with Crippen molar-refractivity contribution in [3.8, 4) is 0 Å². The zero-order valence-corrected chi connectivity index (χ0v) is 7.25. The first-order chi connectivity index (χ1) is 5.02. The Morgan fingerprint density at radius 1 is 1.36 bits per heavy atom. The van der Waals surface area contributed by atoms with E-state index in [0.29, 0.717) is 0 Å². The van der Waals surface area contributed by atoms with Crippen molar-refractivity contribution < 1.29 is 19.3 Å². The molecule has 0 aromatic heterocycles. The molecule has 0 atom stereocenters. The zero-order chi connectivity index (χ0) is 8.91. The maximum absolute atomic E-state index is 8.78. The lowest BCUT2D eigenvalue weighted by Crippen LogP contribution is -2.24. The van der Waals surface area contributed by atoms with Crippen LogP contribution in [0.5, 0.6) is 0 Å². The molecule has 0 radical (unpaired) electrons. The Hall–Kier alpha value is -0.900. The van der Waals surface area contributed by atoms with Crippen LogP contribution >= 0.6 is 0 Å². The summed E-state index contributed by atoms with van der Waals surface area (Å²) in [6.07, 6.45) is 1.09. The fourth-order valence-corrected chi connectivity index (χ4v) is 0.289. The highest BCUT2D eigenvalue weighted by atomic mass is 16.7. The average molecular weight is 162 g/mol. The van der Waals surface area contributed by atoms with Crippen molar-refractivity contribution in [2.24, 2.45) is 0 Å². The van der Waals surface area contributed by atoms with E-state index in [-0.39, 0.29) is 5.95 Å². The number of ether oxygens (including phenoxy) is 3. The number of rotatable bonds is 4. The third-order valence-corrected chi connectivity index (χ3v) is 1.14. The van der Waals surface area contributed by atoms with Gasteiger partial charge in [0.05, 0.1) is 7.11 Å². The summed E-state index contributed by atoms with van der Waals surface area (Å²) in [5.74, 6) is -1.03. The fraction of sp³-hybridized carbons (Fsp3) is 0.714. The molecule has 0 aliphatic heterocycles. The van der Waals surface area contributed by atoms with Crippen molar-refractivity contribution >= 4 is 0 Å². The third-order valence-electron chi connectivity index (χ3n) is 1.14. The van der Waals surface area contributed by atoms with E-state index in [4.69, 9.17) is 14.6 Å². The smallest absolute Gasteiger partial charge is 0.312 e. The van der Waals surface area contributed by atoms with E-state index in [2.05, 4.69) is 4.74 Å². The highest BCUT2D eigenvalue weighted by molar-refractivity contribution is 4.73. The third kappa shape index (κ3) is 4.50. The summed E-state index contributed by atoms with van der Waals surface area (Å²) in [5, 5.41) is 8.78. The second-order valence-electron chi connectivity index (χ2n) is 2.38. The van der Waals surface area contributed by atoms with Crippen LogP contribution in [0.15, 0.2) is 12.2 Å². The SMILES string of the molecule is CO/C(O)=C/OC(C)(C)OC. The van der Waals surface area contributed by atoms with Crippen molar-refractivity contribution in [2.75, 3.05) is 14.2 Å². The van der Waals surface area contributed by atoms with Crippen LogP contribution in [-0.4, -0.2) is 25.1 Å². The monoisotopic (exact) mass is 162 g/mol. The Labute approximate surface area is 66.4 Å². The number of methoxy groups -OCH3 is 2. The molecule has 0 aliphatic rings. The van der Waals surface area contributed by atoms with E-state index < -0.39 is 5.79 Å². The van der Waals surface area contributed by atoms with E-state index in [1.54, 1.807) is 13.8 Å². The molecular weight excluding hydrogens is 148 g/mol. The topological polar surface area (TPSA) is 47.9 Å². The predicted octanol–water partition coefficient (Wildman–Crippen LogP) is 1.39. The van der Waals surface area contributed by atoms with Crippen LogP contribution in [-0.2, 0) is 14.2 Å². The normalized spacial score (nSPS) is 12.9. The largest absolute Gasteiger partial charge is 0.479 e. The molecule has 4 nitrogen and oxygen atoms in total. The Morgan fingerprint density at radius 2 is 1.91 bits per heavy atom. The first kappa shape index (κ1) is 10.1. The van der Waals surface area contributed by atoms with Crippen molar-refractivity contribution in [1.29, 1.82) is 0 Å². The predicted molar refractivity (Wildman–Crippen MR) is 39.9 cm³/mol. The Bertz CT molecular complexity index is 139. The molecule has 0 spiro atoms. The summed E-state index contributed by atoms with van der Waals surface area (Å²) in [6.45, 7) is 3.43. The van der Waals surface area contributed by atoms with Gasteiger partial charge in [-0.05, 0) is 0 Å². The Kier molecular flexibility index (Phi) is 3.74. The molecule has 4 heteroatoms. The summed E-state index contributed by atoms with van der Waals surface area (Å²) in [5.41, 5.74) is 0. The van der Waals surface area contributed by atoms with Crippen LogP contribution in [0.2, 0.25) is 0 Å². The zero-order valence-electron chi connectivity index (χ0n) is 7.25. The second-order valence-corrected chi connectivity index (χ2v) is 2.38. The van der Waals surface area contributed by atoms with Crippen molar-refractivity contribution in [3.63, 3.8) is 0 Å². The summed E-state index contributed by atoms with van der Waals surface area (Å²) in [6, 6.07) is 0. The van der Waals surface area contributed by atoms with Crippen LogP contribution in [0.25, 0.3) is 0 Å². The molecular formula is C7H14O4. The highest BCUT2D eigenvalue weighted by Gasteiger charge is 2.15. The van der Waals surface area contributed by atoms with E-state index in [0.717, 1.165) is 6.26 Å². The van der Waals surface area contributed by atoms with Gasteiger partial charge in [-0.25, -0.2) is 0 Å². The molecule has 0 amide bonds. The molecule has 66 valence electrons. The van der Waals surface area contributed by atoms with Gasteiger partial charge in [-0.3, -0.25) is 0 Å². The van der Waals surface area contributed by atoms with Crippen LogP contribution in [0, 0.1) is 0 Å². The molecule has 0 aliphatic carbocycles. The highest BCUT2D eigenvalue weighted by Crippen LogP contribution is 2.10. The van der Waals surface area contributed by atoms with Crippen molar-refractivity contribution in [1.82, 2.24) is 0 Å². The average Bonchev–Trinajstić information content (AvgIpc) is 2.00. The summed E-state index contributed by atoms with van der Waals surface area (Å²) < 4.78 is 14.3. The summed E-state index contributed by atoms with van der Waals surface area (Å²) >= 11 is 0. The minimum absolute atomic E-state index is 0.282. The van der Waals surface area contributed by atoms with Crippen molar-refractivity contribution in [3.05, 3.63) is 12.2 Å². The molecule has 11 heavy (non-hydrogen) atoms. The number of aliphatic hydroxyl groups is 1. The van der Waals surface area contributed by atoms with Gasteiger partial charge < -0.3 is 19.3 Å². The van der Waals surface area contributed by atoms with Gasteiger partial charge in [0.15, 0.2) is 6.26 Å². The van der Waals surface area contributed by atoms with Crippen LogP contribution < -0.4 is 0 Å². The number of hydrogen-bond donors (Lipinski definition) is 1. The Morgan fingerprint density at radius 3 is 2.27 bits per heavy atom. The van der Waals surface area contributed by atoms with Crippen molar-refractivity contribution in [2.45, 2.75) is 19.6 Å². The molecule has 0 unspecified atom stereocenters. The molecule has 0 aromatic rings. The summed E-state index contributed by atoms with van der Waals surface area (Å²) in [7, 11) is 2.85. The first-order valence-electron chi connectivity index (χ1n) is 3.18. The van der Waals surface area contributed by atoms with Gasteiger partial charge in [0.25, 0.3) is 0 Å². The van der Waals surface area contributed by atoms with E-state index in [1.165, 1.54) is 14.2 Å². The van der Waals surface area contributed by atoms with Crippen LogP contribution in [0.3, 0.4) is 0 Å². The Balaban J connectivity index is 3.86. The molecule has 0 aromatic carbocycles. The lowest BCUT2D eigenvalue weighted by atomic mass is 10.4. The van der Waals surface area contributed by atoms with E-state index >= 15 is 0 Å². The molecule has 0 bridgehead atoms. The second kappa shape index (κ2) is 4.08. The summed E-state index contributed by atoms with van der Waals surface area (Å²) in [4.78, 5) is 0. The lowest BCUT2D eigenvalue weighted by molar-refractivity contribution is -0.165. The van der Waals surface area contributed by atoms with Gasteiger partial charge in [-0.15, -0.1) is 0 Å². The van der Waals surface area contributed by atoms with Crippen LogP contribution in [0.1, 0.15) is 13.8 Å². The van der Waals surface area contributed by atoms with Crippen LogP contribution in [0.4, 0.5) is 0 Å². The maximum Gasteiger partial charge on any atom is 0.312 e. The number of hydrogen-bond acceptors (Lipinski definition) is 4. The van der Waals surface area contributed by atoms with Gasteiger partial charge >= 0.3 is 5.95 Å². The molecule has 0 fully saturated rings. The van der Waals surface area contributed by atoms with Gasteiger partial charge in [-0.2, -0.15) is 0 Å². The quantitative estimate of drug-likeness (QED) is 0.501. The van der Waals surface area contributed by atoms with Gasteiger partial charge in [0.1, 0.15) is 0 Å². The first-order valence-corrected chi connectivity index (χ1v) is 3.18. The maximum atomic E-state index is 8.78. The fourth-order valence-electron chi connectivity index (χ4n) is 0.289. The lowest BCUT2D eigenvalue weighted by Gasteiger charge is -2.21. The van der Waals surface area contributed by atoms with E-state index in [9.17, 15) is 0 Å². The molecule has 1 N–H and O–H groups in total. The number of aliphatic hydroxyl groups excluding tert-OH is 1. The molecule has 0 saturated heterocycles. The minimum Gasteiger partial charge on any atom is -0.479 e. The van der Waals surface area contributed by atoms with Gasteiger partial charge in [-0.1, -0.05) is 0 Å². The van der Waals surface area contributed by atoms with Gasteiger partial charge in [0, 0.05) is 21.0 Å². The molecule has 0 heterocycles. The van der Waals surface area contributed by atoms with Gasteiger partial charge in [0.2, 0.25) is 5.79 Å². The molecule has 0 rings (SSSR count). The van der Waals surface area contributed by atoms with E-state index in [1.807, 2.05) is 0 Å². The standard InChI is InChI=1S/C7H14O4/c1-7(2,10-4)11-5-6(8)9-3/h5,8H,1-4H3/b6-5+. The minimum atomic E-state index is -0.744.